The molecule has 16 heavy (non-hydrogen) atoms. The molecule has 0 bridgehead atoms. The van der Waals surface area contributed by atoms with Gasteiger partial charge in [-0.05, 0) is 37.0 Å². The summed E-state index contributed by atoms with van der Waals surface area (Å²) >= 11 is 0. The Labute approximate surface area is 101 Å². The Hall–Kier alpha value is -0.0400. The third kappa shape index (κ3) is 2.80. The van der Waals surface area contributed by atoms with Gasteiger partial charge >= 0.3 is 0 Å². The molecule has 0 atom stereocenters. The van der Waals surface area contributed by atoms with Gasteiger partial charge in [0.2, 0.25) is 0 Å². The van der Waals surface area contributed by atoms with E-state index in [1.165, 1.54) is 64.3 Å². The standard InChI is InChI=1S/C15H29N/c1-3-13(4-2)15(10-6-5-7-11-15)12-16-14-8-9-14/h13-14,16H,3-12H2,1-2H3. The molecule has 0 saturated heterocycles. The molecule has 2 fully saturated rings. The number of hydrogen-bond donors (Lipinski definition) is 1. The molecule has 94 valence electrons. The van der Waals surface area contributed by atoms with Crippen molar-refractivity contribution in [2.45, 2.75) is 77.7 Å². The van der Waals surface area contributed by atoms with Crippen LogP contribution in [0.15, 0.2) is 0 Å². The van der Waals surface area contributed by atoms with Crippen molar-refractivity contribution in [3.8, 4) is 0 Å². The fraction of sp³-hybridized carbons (Fsp3) is 1.00. The molecule has 1 heteroatoms. The van der Waals surface area contributed by atoms with Crippen LogP contribution < -0.4 is 5.32 Å². The SMILES string of the molecule is CCC(CC)C1(CNC2CC2)CCCCC1. The highest BCUT2D eigenvalue weighted by Gasteiger charge is 2.38. The lowest BCUT2D eigenvalue weighted by Crippen LogP contribution is -2.42. The molecule has 0 aromatic rings. The maximum Gasteiger partial charge on any atom is 0.00684 e. The van der Waals surface area contributed by atoms with Crippen LogP contribution in [0, 0.1) is 11.3 Å². The second kappa shape index (κ2) is 5.53. The molecule has 2 saturated carbocycles. The van der Waals surface area contributed by atoms with Crippen LogP contribution >= 0.6 is 0 Å². The summed E-state index contributed by atoms with van der Waals surface area (Å²) in [5.74, 6) is 0.957. The highest BCUT2D eigenvalue weighted by molar-refractivity contribution is 4.92. The number of nitrogens with one attached hydrogen (secondary N) is 1. The molecule has 2 aliphatic rings. The zero-order chi connectivity index (χ0) is 11.4. The van der Waals surface area contributed by atoms with Crippen LogP contribution in [0.2, 0.25) is 0 Å². The number of hydrogen-bond acceptors (Lipinski definition) is 1. The molecule has 0 aromatic heterocycles. The quantitative estimate of drug-likeness (QED) is 0.714. The molecule has 0 radical (unpaired) electrons. The summed E-state index contributed by atoms with van der Waals surface area (Å²) in [4.78, 5) is 0. The Balaban J connectivity index is 1.96. The van der Waals surface area contributed by atoms with E-state index >= 15 is 0 Å². The zero-order valence-electron chi connectivity index (χ0n) is 11.2. The average molecular weight is 223 g/mol. The Bertz CT molecular complexity index is 197. The van der Waals surface area contributed by atoms with Gasteiger partial charge in [0, 0.05) is 12.6 Å². The Morgan fingerprint density at radius 2 is 1.69 bits per heavy atom. The van der Waals surface area contributed by atoms with Gasteiger partial charge < -0.3 is 5.32 Å². The first-order chi connectivity index (χ1) is 7.80. The van der Waals surface area contributed by atoms with Crippen LogP contribution in [0.25, 0.3) is 0 Å². The first-order valence-electron chi connectivity index (χ1n) is 7.54. The molecule has 0 aromatic carbocycles. The van der Waals surface area contributed by atoms with E-state index in [0.29, 0.717) is 5.41 Å². The molecule has 0 aliphatic heterocycles. The van der Waals surface area contributed by atoms with E-state index in [9.17, 15) is 0 Å². The predicted octanol–water partition coefficient (Wildman–Crippen LogP) is 4.13. The summed E-state index contributed by atoms with van der Waals surface area (Å²) in [6.07, 6.45) is 13.0. The maximum atomic E-state index is 3.82. The molecule has 0 amide bonds. The fourth-order valence-electron chi connectivity index (χ4n) is 3.78. The first-order valence-corrected chi connectivity index (χ1v) is 7.54. The van der Waals surface area contributed by atoms with E-state index in [4.69, 9.17) is 0 Å². The third-order valence-corrected chi connectivity index (χ3v) is 5.02. The van der Waals surface area contributed by atoms with Crippen LogP contribution in [-0.2, 0) is 0 Å². The van der Waals surface area contributed by atoms with Crippen molar-refractivity contribution in [1.82, 2.24) is 5.32 Å². The molecule has 1 nitrogen and oxygen atoms in total. The van der Waals surface area contributed by atoms with E-state index in [-0.39, 0.29) is 0 Å². The molecule has 2 rings (SSSR count). The van der Waals surface area contributed by atoms with Crippen LogP contribution in [0.5, 0.6) is 0 Å². The van der Waals surface area contributed by atoms with Crippen molar-refractivity contribution in [2.75, 3.05) is 6.54 Å². The van der Waals surface area contributed by atoms with Crippen LogP contribution in [-0.4, -0.2) is 12.6 Å². The second-order valence-electron chi connectivity index (χ2n) is 6.09. The second-order valence-corrected chi connectivity index (χ2v) is 6.09. The highest BCUT2D eigenvalue weighted by atomic mass is 15.0. The van der Waals surface area contributed by atoms with Crippen LogP contribution in [0.3, 0.4) is 0 Å². The summed E-state index contributed by atoms with van der Waals surface area (Å²) in [6.45, 7) is 6.09. The largest absolute Gasteiger partial charge is 0.313 e. The topological polar surface area (TPSA) is 12.0 Å². The van der Waals surface area contributed by atoms with Crippen molar-refractivity contribution >= 4 is 0 Å². The lowest BCUT2D eigenvalue weighted by Gasteiger charge is -2.44. The maximum absolute atomic E-state index is 3.82. The molecule has 0 spiro atoms. The van der Waals surface area contributed by atoms with Crippen molar-refractivity contribution in [1.29, 1.82) is 0 Å². The minimum Gasteiger partial charge on any atom is -0.313 e. The average Bonchev–Trinajstić information content (AvgIpc) is 3.13. The van der Waals surface area contributed by atoms with Gasteiger partial charge in [-0.25, -0.2) is 0 Å². The van der Waals surface area contributed by atoms with Gasteiger partial charge in [0.25, 0.3) is 0 Å². The molecule has 1 N–H and O–H groups in total. The van der Waals surface area contributed by atoms with E-state index in [0.717, 1.165) is 12.0 Å². The summed E-state index contributed by atoms with van der Waals surface area (Å²) < 4.78 is 0. The van der Waals surface area contributed by atoms with E-state index in [1.54, 1.807) is 0 Å². The minimum absolute atomic E-state index is 0.657. The normalized spacial score (nSPS) is 24.9. The zero-order valence-corrected chi connectivity index (χ0v) is 11.2. The van der Waals surface area contributed by atoms with Crippen LogP contribution in [0.1, 0.15) is 71.6 Å². The van der Waals surface area contributed by atoms with Gasteiger partial charge in [-0.2, -0.15) is 0 Å². The first kappa shape index (κ1) is 12.4. The molecule has 0 unspecified atom stereocenters. The minimum atomic E-state index is 0.657. The van der Waals surface area contributed by atoms with Gasteiger partial charge in [-0.1, -0.05) is 46.0 Å². The Morgan fingerprint density at radius 3 is 2.19 bits per heavy atom. The predicted molar refractivity (Wildman–Crippen MR) is 70.6 cm³/mol. The lowest BCUT2D eigenvalue weighted by atomic mass is 9.64. The Morgan fingerprint density at radius 1 is 1.06 bits per heavy atom. The van der Waals surface area contributed by atoms with E-state index in [2.05, 4.69) is 19.2 Å². The summed E-state index contributed by atoms with van der Waals surface area (Å²) in [6, 6.07) is 0.883. The van der Waals surface area contributed by atoms with Crippen molar-refractivity contribution in [3.05, 3.63) is 0 Å². The Kier molecular flexibility index (Phi) is 4.29. The van der Waals surface area contributed by atoms with Gasteiger partial charge in [0.05, 0.1) is 0 Å². The smallest absolute Gasteiger partial charge is 0.00684 e. The monoisotopic (exact) mass is 223 g/mol. The van der Waals surface area contributed by atoms with Gasteiger partial charge in [0.1, 0.15) is 0 Å². The van der Waals surface area contributed by atoms with Gasteiger partial charge in [-0.15, -0.1) is 0 Å². The van der Waals surface area contributed by atoms with Gasteiger partial charge in [-0.3, -0.25) is 0 Å². The third-order valence-electron chi connectivity index (χ3n) is 5.02. The lowest BCUT2D eigenvalue weighted by molar-refractivity contribution is 0.0866. The van der Waals surface area contributed by atoms with Crippen molar-refractivity contribution in [3.63, 3.8) is 0 Å². The molecule has 0 heterocycles. The van der Waals surface area contributed by atoms with Crippen molar-refractivity contribution in [2.24, 2.45) is 11.3 Å². The number of rotatable bonds is 6. The molecular formula is C15H29N. The molecular weight excluding hydrogens is 194 g/mol. The van der Waals surface area contributed by atoms with E-state index < -0.39 is 0 Å². The summed E-state index contributed by atoms with van der Waals surface area (Å²) in [5, 5.41) is 3.82. The van der Waals surface area contributed by atoms with Gasteiger partial charge in [0.15, 0.2) is 0 Å². The highest BCUT2D eigenvalue weighted by Crippen LogP contribution is 2.45. The molecule has 2 aliphatic carbocycles. The van der Waals surface area contributed by atoms with E-state index in [1.807, 2.05) is 0 Å². The van der Waals surface area contributed by atoms with Crippen molar-refractivity contribution < 1.29 is 0 Å². The fourth-order valence-corrected chi connectivity index (χ4v) is 3.78. The summed E-state index contributed by atoms with van der Waals surface area (Å²) in [7, 11) is 0. The van der Waals surface area contributed by atoms with Crippen LogP contribution in [0.4, 0.5) is 0 Å². The summed E-state index contributed by atoms with van der Waals surface area (Å²) in [5.41, 5.74) is 0.657.